The summed E-state index contributed by atoms with van der Waals surface area (Å²) < 4.78 is 12.0. The first-order valence-corrected chi connectivity index (χ1v) is 17.4. The Hall–Kier alpha value is -2.36. The van der Waals surface area contributed by atoms with E-state index >= 15 is 0 Å². The van der Waals surface area contributed by atoms with Gasteiger partial charge in [0, 0.05) is 55.9 Å². The molecule has 0 aromatic heterocycles. The number of ether oxygens (including phenoxy) is 2. The zero-order valence-electron chi connectivity index (χ0n) is 30.9. The number of aliphatic hydroxyl groups is 3. The number of rotatable bonds is 21. The number of nitrogens with one attached hydrogen (secondary N) is 5. The van der Waals surface area contributed by atoms with Crippen molar-refractivity contribution in [1.29, 1.82) is 0 Å². The molecule has 1 fully saturated rings. The van der Waals surface area contributed by atoms with Crippen molar-refractivity contribution in [3.8, 4) is 0 Å². The first kappa shape index (κ1) is 43.7. The summed E-state index contributed by atoms with van der Waals surface area (Å²) in [5.74, 6) is -0.829. The molecule has 7 atom stereocenters. The van der Waals surface area contributed by atoms with Crippen molar-refractivity contribution in [1.82, 2.24) is 26.6 Å². The first-order chi connectivity index (χ1) is 22.2. The van der Waals surface area contributed by atoms with Crippen LogP contribution in [0.15, 0.2) is 0 Å². The number of carbonyl (C=O) groups is 4. The fraction of sp³-hybridized carbons (Fsp3) is 0.882. The maximum atomic E-state index is 13.5. The van der Waals surface area contributed by atoms with Crippen molar-refractivity contribution in [2.75, 3.05) is 13.2 Å². The van der Waals surface area contributed by atoms with Crippen LogP contribution in [0.4, 0.5) is 0 Å². The lowest BCUT2D eigenvalue weighted by Crippen LogP contribution is -2.65. The molecule has 0 aromatic carbocycles. The van der Waals surface area contributed by atoms with Crippen molar-refractivity contribution >= 4 is 23.6 Å². The van der Waals surface area contributed by atoms with E-state index in [4.69, 9.17) is 9.47 Å². The molecule has 0 aromatic rings. The van der Waals surface area contributed by atoms with Crippen molar-refractivity contribution in [2.24, 2.45) is 0 Å². The lowest BCUT2D eigenvalue weighted by molar-refractivity contribution is -0.297. The minimum absolute atomic E-state index is 0.000255. The number of carbonyl (C=O) groups excluding carboxylic acids is 4. The fourth-order valence-corrected chi connectivity index (χ4v) is 6.43. The van der Waals surface area contributed by atoms with Crippen LogP contribution in [-0.2, 0) is 28.7 Å². The van der Waals surface area contributed by atoms with Crippen molar-refractivity contribution in [3.63, 3.8) is 0 Å². The minimum Gasteiger partial charge on any atom is -0.394 e. The molecule has 0 spiro atoms. The van der Waals surface area contributed by atoms with Gasteiger partial charge in [-0.1, -0.05) is 6.92 Å². The predicted octanol–water partition coefficient (Wildman–Crippen LogP) is 1.14. The van der Waals surface area contributed by atoms with Gasteiger partial charge in [0.2, 0.25) is 23.6 Å². The Kier molecular flexibility index (Phi) is 17.9. The molecule has 14 heteroatoms. The van der Waals surface area contributed by atoms with Gasteiger partial charge < -0.3 is 51.4 Å². The predicted molar refractivity (Wildman–Crippen MR) is 183 cm³/mol. The lowest BCUT2D eigenvalue weighted by atomic mass is 9.82. The van der Waals surface area contributed by atoms with Crippen LogP contribution in [0, 0.1) is 0 Å². The molecule has 4 amide bonds. The zero-order valence-corrected chi connectivity index (χ0v) is 30.9. The van der Waals surface area contributed by atoms with Gasteiger partial charge in [0.05, 0.1) is 12.2 Å². The van der Waals surface area contributed by atoms with E-state index in [1.807, 2.05) is 34.6 Å². The molecule has 1 saturated heterocycles. The van der Waals surface area contributed by atoms with Crippen LogP contribution in [0.25, 0.3) is 0 Å². The van der Waals surface area contributed by atoms with Gasteiger partial charge in [-0.05, 0) is 87.5 Å². The average Bonchev–Trinajstić information content (AvgIpc) is 2.96. The summed E-state index contributed by atoms with van der Waals surface area (Å²) in [6.07, 6.45) is -2.07. The smallest absolute Gasteiger partial charge is 0.220 e. The summed E-state index contributed by atoms with van der Waals surface area (Å²) >= 11 is 0. The molecule has 0 bridgehead atoms. The van der Waals surface area contributed by atoms with E-state index in [0.29, 0.717) is 32.2 Å². The monoisotopic (exact) mass is 687 g/mol. The standard InChI is InChI=1S/C34H65N5O9/c1-11-22(5)38-34(16-13-25(42)35-12-2,17-14-26(43)36-21(3)4)18-15-27(44)39-32(7,8)20-33(9,10)48-31-28(37-23(6)41)30(46)29(45)24(19-40)47-31/h21-22,24,28-31,38,40,45-46H,11-20H2,1-10H3,(H,35,42)(H,36,43)(H,37,41)(H,39,44). The van der Waals surface area contributed by atoms with E-state index in [9.17, 15) is 34.5 Å². The third-order valence-corrected chi connectivity index (χ3v) is 8.51. The summed E-state index contributed by atoms with van der Waals surface area (Å²) in [6, 6.07) is -0.997. The summed E-state index contributed by atoms with van der Waals surface area (Å²) in [7, 11) is 0. The zero-order chi connectivity index (χ0) is 36.9. The molecular formula is C34H65N5O9. The molecule has 8 N–H and O–H groups in total. The molecule has 0 radical (unpaired) electrons. The summed E-state index contributed by atoms with van der Waals surface area (Å²) in [4.78, 5) is 50.5. The SMILES string of the molecule is CCNC(=O)CCC(CCC(=O)NC(C)C)(CCC(=O)NC(C)(C)CC(C)(C)OC1OC(CO)C(O)C(O)C1NC(C)=O)NC(C)CC. The number of hydrogen-bond donors (Lipinski definition) is 8. The first-order valence-electron chi connectivity index (χ1n) is 17.4. The van der Waals surface area contributed by atoms with Gasteiger partial charge in [0.1, 0.15) is 24.4 Å². The van der Waals surface area contributed by atoms with E-state index in [2.05, 4.69) is 40.4 Å². The molecule has 0 aliphatic carbocycles. The van der Waals surface area contributed by atoms with E-state index < -0.39 is 59.8 Å². The van der Waals surface area contributed by atoms with Gasteiger partial charge in [0.15, 0.2) is 6.29 Å². The van der Waals surface area contributed by atoms with Gasteiger partial charge in [-0.15, -0.1) is 0 Å². The van der Waals surface area contributed by atoms with Gasteiger partial charge >= 0.3 is 0 Å². The van der Waals surface area contributed by atoms with Crippen molar-refractivity contribution in [3.05, 3.63) is 0 Å². The van der Waals surface area contributed by atoms with Gasteiger partial charge in [-0.3, -0.25) is 19.2 Å². The maximum Gasteiger partial charge on any atom is 0.220 e. The largest absolute Gasteiger partial charge is 0.394 e. The summed E-state index contributed by atoms with van der Waals surface area (Å²) in [5, 5.41) is 45.8. The second-order valence-electron chi connectivity index (χ2n) is 14.8. The van der Waals surface area contributed by atoms with Crippen LogP contribution >= 0.6 is 0 Å². The molecule has 7 unspecified atom stereocenters. The molecular weight excluding hydrogens is 622 g/mol. The molecule has 1 aliphatic rings. The Morgan fingerprint density at radius 3 is 1.94 bits per heavy atom. The Morgan fingerprint density at radius 1 is 0.875 bits per heavy atom. The maximum absolute atomic E-state index is 13.5. The van der Waals surface area contributed by atoms with Crippen LogP contribution < -0.4 is 26.6 Å². The third-order valence-electron chi connectivity index (χ3n) is 8.51. The molecule has 1 heterocycles. The van der Waals surface area contributed by atoms with Crippen LogP contribution in [0.5, 0.6) is 0 Å². The van der Waals surface area contributed by atoms with Crippen LogP contribution in [0.3, 0.4) is 0 Å². The fourth-order valence-electron chi connectivity index (χ4n) is 6.43. The molecule has 0 saturated carbocycles. The Bertz CT molecular complexity index is 1040. The summed E-state index contributed by atoms with van der Waals surface area (Å²) in [5.41, 5.74) is -2.37. The second kappa shape index (κ2) is 19.7. The second-order valence-corrected chi connectivity index (χ2v) is 14.8. The number of aliphatic hydroxyl groups excluding tert-OH is 3. The van der Waals surface area contributed by atoms with E-state index in [1.54, 1.807) is 13.8 Å². The molecule has 280 valence electrons. The third kappa shape index (κ3) is 15.5. The lowest BCUT2D eigenvalue weighted by Gasteiger charge is -2.46. The number of hydrogen-bond acceptors (Lipinski definition) is 10. The van der Waals surface area contributed by atoms with Crippen LogP contribution in [-0.4, -0.2) is 112 Å². The van der Waals surface area contributed by atoms with Gasteiger partial charge in [-0.25, -0.2) is 0 Å². The Balaban J connectivity index is 3.09. The van der Waals surface area contributed by atoms with Gasteiger partial charge in [0.25, 0.3) is 0 Å². The van der Waals surface area contributed by atoms with Crippen LogP contribution in [0.2, 0.25) is 0 Å². The minimum atomic E-state index is -1.44. The average molecular weight is 688 g/mol. The highest BCUT2D eigenvalue weighted by molar-refractivity contribution is 5.78. The normalized spacial score (nSPS) is 23.6. The summed E-state index contributed by atoms with van der Waals surface area (Å²) in [6.45, 7) is 18.3. The number of amides is 4. The topological polar surface area (TPSA) is 208 Å². The van der Waals surface area contributed by atoms with Crippen LogP contribution in [0.1, 0.15) is 121 Å². The molecule has 1 aliphatic heterocycles. The quantitative estimate of drug-likeness (QED) is 0.0863. The van der Waals surface area contributed by atoms with E-state index in [0.717, 1.165) is 6.42 Å². The Morgan fingerprint density at radius 2 is 1.44 bits per heavy atom. The molecule has 14 nitrogen and oxygen atoms in total. The van der Waals surface area contributed by atoms with E-state index in [-0.39, 0.29) is 49.1 Å². The highest BCUT2D eigenvalue weighted by Gasteiger charge is 2.47. The van der Waals surface area contributed by atoms with E-state index in [1.165, 1.54) is 6.92 Å². The van der Waals surface area contributed by atoms with Crippen molar-refractivity contribution < 1.29 is 44.0 Å². The molecule has 48 heavy (non-hydrogen) atoms. The Labute approximate surface area is 287 Å². The molecule has 1 rings (SSSR count). The highest BCUT2D eigenvalue weighted by Crippen LogP contribution is 2.31. The highest BCUT2D eigenvalue weighted by atomic mass is 16.7. The van der Waals surface area contributed by atoms with Gasteiger partial charge in [-0.2, -0.15) is 0 Å². The van der Waals surface area contributed by atoms with Crippen molar-refractivity contribution in [2.45, 2.75) is 180 Å².